The molecule has 7 nitrogen and oxygen atoms in total. The van der Waals surface area contributed by atoms with E-state index in [-0.39, 0.29) is 11.9 Å². The second-order valence-corrected chi connectivity index (χ2v) is 8.38. The van der Waals surface area contributed by atoms with Gasteiger partial charge in [-0.2, -0.15) is 28.8 Å². The van der Waals surface area contributed by atoms with Gasteiger partial charge >= 0.3 is 0 Å². The molecular weight excluding hydrogens is 300 g/mol. The van der Waals surface area contributed by atoms with E-state index in [0.717, 1.165) is 0 Å². The number of hydrogen-bond acceptors (Lipinski definition) is 5. The van der Waals surface area contributed by atoms with E-state index in [4.69, 9.17) is 10.9 Å². The molecule has 118 valence electrons. The highest BCUT2D eigenvalue weighted by molar-refractivity contribution is 8.00. The van der Waals surface area contributed by atoms with Crippen LogP contribution in [0.15, 0.2) is 5.16 Å². The molecule has 0 aromatic heterocycles. The van der Waals surface area contributed by atoms with Gasteiger partial charge in [-0.15, -0.1) is 0 Å². The van der Waals surface area contributed by atoms with Gasteiger partial charge in [-0.05, 0) is 32.9 Å². The Morgan fingerprint density at radius 2 is 1.95 bits per heavy atom. The Kier molecular flexibility index (Phi) is 5.70. The lowest BCUT2D eigenvalue weighted by molar-refractivity contribution is 0.283. The highest BCUT2D eigenvalue weighted by Crippen LogP contribution is 2.35. The van der Waals surface area contributed by atoms with Crippen molar-refractivity contribution in [3.05, 3.63) is 0 Å². The van der Waals surface area contributed by atoms with Gasteiger partial charge in [0.15, 0.2) is 5.84 Å². The molecule has 20 heavy (non-hydrogen) atoms. The zero-order chi connectivity index (χ0) is 15.6. The largest absolute Gasteiger partial charge is 0.409 e. The Morgan fingerprint density at radius 1 is 1.45 bits per heavy atom. The third-order valence-corrected chi connectivity index (χ3v) is 7.48. The molecule has 0 unspecified atom stereocenters. The van der Waals surface area contributed by atoms with Gasteiger partial charge in [0.25, 0.3) is 10.2 Å². The molecule has 0 amide bonds. The highest BCUT2D eigenvalue weighted by atomic mass is 32.2. The second kappa shape index (κ2) is 6.50. The van der Waals surface area contributed by atoms with Crippen LogP contribution >= 0.6 is 11.8 Å². The van der Waals surface area contributed by atoms with Crippen LogP contribution in [0.4, 0.5) is 0 Å². The smallest absolute Gasteiger partial charge is 0.281 e. The van der Waals surface area contributed by atoms with E-state index in [1.807, 2.05) is 20.1 Å². The van der Waals surface area contributed by atoms with Crippen molar-refractivity contribution in [3.63, 3.8) is 0 Å². The van der Waals surface area contributed by atoms with E-state index in [1.165, 1.54) is 20.4 Å². The molecule has 1 saturated heterocycles. The van der Waals surface area contributed by atoms with Crippen LogP contribution in [0.25, 0.3) is 0 Å². The average molecular weight is 324 g/mol. The lowest BCUT2D eigenvalue weighted by atomic mass is 9.96. The van der Waals surface area contributed by atoms with Gasteiger partial charge in [0.05, 0.1) is 4.75 Å². The molecule has 0 atom stereocenters. The summed E-state index contributed by atoms with van der Waals surface area (Å²) in [6.45, 7) is 4.42. The summed E-state index contributed by atoms with van der Waals surface area (Å²) in [5, 5.41) is 12.0. The summed E-state index contributed by atoms with van der Waals surface area (Å²) in [6.07, 6.45) is 2.97. The van der Waals surface area contributed by atoms with E-state index < -0.39 is 15.0 Å². The lowest BCUT2D eigenvalue weighted by Crippen LogP contribution is -2.54. The number of hydrogen-bond donors (Lipinski definition) is 2. The summed E-state index contributed by atoms with van der Waals surface area (Å²) in [5.74, 6) is 0.166. The van der Waals surface area contributed by atoms with Crippen LogP contribution in [0.3, 0.4) is 0 Å². The lowest BCUT2D eigenvalue weighted by Gasteiger charge is -2.40. The normalized spacial score (nSPS) is 21.6. The summed E-state index contributed by atoms with van der Waals surface area (Å²) in [5.41, 5.74) is 5.76. The van der Waals surface area contributed by atoms with Gasteiger partial charge in [-0.3, -0.25) is 0 Å². The fourth-order valence-electron chi connectivity index (χ4n) is 2.18. The number of nitrogens with zero attached hydrogens (tertiary/aromatic N) is 3. The van der Waals surface area contributed by atoms with Gasteiger partial charge in [-0.25, -0.2) is 0 Å². The molecule has 1 aliphatic heterocycles. The van der Waals surface area contributed by atoms with Crippen molar-refractivity contribution >= 4 is 27.8 Å². The van der Waals surface area contributed by atoms with Gasteiger partial charge in [0.1, 0.15) is 0 Å². The summed E-state index contributed by atoms with van der Waals surface area (Å²) in [4.78, 5) is 0. The van der Waals surface area contributed by atoms with E-state index in [9.17, 15) is 8.42 Å². The molecule has 9 heteroatoms. The SMILES string of the molecule is CSC1(C(N)=NO)CCN(S(=O)(=O)N(C)C(C)C)CC1. The zero-order valence-corrected chi connectivity index (χ0v) is 14.0. The minimum Gasteiger partial charge on any atom is -0.409 e. The van der Waals surface area contributed by atoms with Crippen molar-refractivity contribution in [1.82, 2.24) is 8.61 Å². The third-order valence-electron chi connectivity index (χ3n) is 3.91. The van der Waals surface area contributed by atoms with Crippen molar-refractivity contribution in [2.75, 3.05) is 26.4 Å². The first kappa shape index (κ1) is 17.5. The number of amidine groups is 1. The molecule has 1 rings (SSSR count). The first-order chi connectivity index (χ1) is 9.21. The molecule has 0 spiro atoms. The number of nitrogens with two attached hydrogens (primary N) is 1. The molecule has 0 bridgehead atoms. The summed E-state index contributed by atoms with van der Waals surface area (Å²) in [6, 6.07) is -0.0868. The topological polar surface area (TPSA) is 99.2 Å². The minimum absolute atomic E-state index is 0.0868. The van der Waals surface area contributed by atoms with Gasteiger partial charge in [-0.1, -0.05) is 5.16 Å². The van der Waals surface area contributed by atoms with Gasteiger partial charge < -0.3 is 10.9 Å². The maximum atomic E-state index is 12.4. The van der Waals surface area contributed by atoms with Crippen LogP contribution in [-0.4, -0.2) is 65.3 Å². The van der Waals surface area contributed by atoms with Crippen molar-refractivity contribution < 1.29 is 13.6 Å². The Balaban J connectivity index is 2.85. The summed E-state index contributed by atoms with van der Waals surface area (Å²) < 4.78 is 27.2. The molecule has 0 saturated carbocycles. The molecule has 0 radical (unpaired) electrons. The molecule has 3 N–H and O–H groups in total. The quantitative estimate of drug-likeness (QED) is 0.332. The monoisotopic (exact) mass is 324 g/mol. The Labute approximate surface area is 125 Å². The van der Waals surface area contributed by atoms with Crippen LogP contribution in [-0.2, 0) is 10.2 Å². The summed E-state index contributed by atoms with van der Waals surface area (Å²) in [7, 11) is -1.85. The summed E-state index contributed by atoms with van der Waals surface area (Å²) >= 11 is 1.50. The number of thioether (sulfide) groups is 1. The van der Waals surface area contributed by atoms with Crippen molar-refractivity contribution in [2.24, 2.45) is 10.9 Å². The second-order valence-electron chi connectivity index (χ2n) is 5.20. The fourth-order valence-corrected chi connectivity index (χ4v) is 4.56. The third kappa shape index (κ3) is 3.21. The van der Waals surface area contributed by atoms with Crippen molar-refractivity contribution in [2.45, 2.75) is 37.5 Å². The van der Waals surface area contributed by atoms with Crippen molar-refractivity contribution in [1.29, 1.82) is 0 Å². The van der Waals surface area contributed by atoms with E-state index in [2.05, 4.69) is 5.16 Å². The van der Waals surface area contributed by atoms with E-state index in [1.54, 1.807) is 7.05 Å². The average Bonchev–Trinajstić information content (AvgIpc) is 2.45. The Morgan fingerprint density at radius 3 is 2.30 bits per heavy atom. The number of piperidine rings is 1. The number of oxime groups is 1. The Hall–Kier alpha value is -0.510. The maximum absolute atomic E-state index is 12.4. The molecular formula is C11H24N4O3S2. The van der Waals surface area contributed by atoms with Crippen LogP contribution in [0.5, 0.6) is 0 Å². The van der Waals surface area contributed by atoms with Crippen LogP contribution in [0.1, 0.15) is 26.7 Å². The van der Waals surface area contributed by atoms with Crippen LogP contribution in [0.2, 0.25) is 0 Å². The minimum atomic E-state index is -3.44. The fraction of sp³-hybridized carbons (Fsp3) is 0.909. The van der Waals surface area contributed by atoms with Crippen LogP contribution in [0, 0.1) is 0 Å². The van der Waals surface area contributed by atoms with E-state index >= 15 is 0 Å². The number of rotatable bonds is 5. The van der Waals surface area contributed by atoms with Gasteiger partial charge in [0, 0.05) is 26.2 Å². The molecule has 1 fully saturated rings. The first-order valence-electron chi connectivity index (χ1n) is 6.47. The van der Waals surface area contributed by atoms with Crippen molar-refractivity contribution in [3.8, 4) is 0 Å². The Bertz CT molecular complexity index is 456. The van der Waals surface area contributed by atoms with E-state index in [0.29, 0.717) is 25.9 Å². The zero-order valence-electron chi connectivity index (χ0n) is 12.4. The maximum Gasteiger partial charge on any atom is 0.281 e. The molecule has 0 aromatic rings. The molecule has 0 aliphatic carbocycles. The molecule has 0 aromatic carbocycles. The molecule has 1 heterocycles. The molecule has 1 aliphatic rings. The standard InChI is InChI=1S/C11H24N4O3S2/c1-9(2)14(3)20(17,18)15-7-5-11(19-4,6-8-15)10(12)13-16/h9,16H,5-8H2,1-4H3,(H2,12,13). The first-order valence-corrected chi connectivity index (χ1v) is 9.09. The predicted molar refractivity (Wildman–Crippen MR) is 82.3 cm³/mol. The highest BCUT2D eigenvalue weighted by Gasteiger charge is 2.42. The predicted octanol–water partition coefficient (Wildman–Crippen LogP) is 0.515. The van der Waals surface area contributed by atoms with Gasteiger partial charge in [0.2, 0.25) is 0 Å². The van der Waals surface area contributed by atoms with Crippen LogP contribution < -0.4 is 5.73 Å².